The van der Waals surface area contributed by atoms with Crippen molar-refractivity contribution in [2.75, 3.05) is 18.0 Å². The van der Waals surface area contributed by atoms with Gasteiger partial charge in [0.25, 0.3) is 11.5 Å². The Morgan fingerprint density at radius 3 is 2.87 bits per heavy atom. The van der Waals surface area contributed by atoms with Crippen molar-refractivity contribution in [3.8, 4) is 0 Å². The monoisotopic (exact) mass is 319 g/mol. The fourth-order valence-electron chi connectivity index (χ4n) is 3.32. The summed E-state index contributed by atoms with van der Waals surface area (Å²) in [5, 5.41) is 0. The van der Waals surface area contributed by atoms with Gasteiger partial charge in [-0.2, -0.15) is 0 Å². The number of hydrogen-bond acceptors (Lipinski definition) is 4. The molecule has 0 aromatic carbocycles. The zero-order valence-corrected chi connectivity index (χ0v) is 13.2. The number of piperidine rings is 1. The lowest BCUT2D eigenvalue weighted by Crippen LogP contribution is -2.54. The van der Waals surface area contributed by atoms with E-state index in [2.05, 4.69) is 9.97 Å². The molecule has 2 aliphatic heterocycles. The molecule has 0 spiro atoms. The third-order valence-corrected chi connectivity index (χ3v) is 4.47. The lowest BCUT2D eigenvalue weighted by atomic mass is 9.94. The Morgan fingerprint density at radius 2 is 2.17 bits per heavy atom. The summed E-state index contributed by atoms with van der Waals surface area (Å²) in [5.41, 5.74) is 5.34. The number of carbonyl (C=O) groups is 2. The molecule has 1 unspecified atom stereocenters. The van der Waals surface area contributed by atoms with Gasteiger partial charge in [0, 0.05) is 13.1 Å². The third-order valence-electron chi connectivity index (χ3n) is 4.47. The van der Waals surface area contributed by atoms with Crippen molar-refractivity contribution in [2.45, 2.75) is 45.1 Å². The second-order valence-corrected chi connectivity index (χ2v) is 6.01. The normalized spacial score (nSPS) is 20.2. The maximum atomic E-state index is 12.8. The van der Waals surface area contributed by atoms with E-state index >= 15 is 0 Å². The van der Waals surface area contributed by atoms with Crippen LogP contribution in [-0.4, -0.2) is 39.9 Å². The smallest absolute Gasteiger partial charge is 0.326 e. The second kappa shape index (κ2) is 6.02. The van der Waals surface area contributed by atoms with Crippen LogP contribution in [0.5, 0.6) is 0 Å². The highest BCUT2D eigenvalue weighted by Crippen LogP contribution is 2.38. The number of nitrogens with zero attached hydrogens (tertiary/aromatic N) is 3. The van der Waals surface area contributed by atoms with Gasteiger partial charge in [0.05, 0.1) is 11.6 Å². The van der Waals surface area contributed by atoms with E-state index in [-0.39, 0.29) is 23.5 Å². The van der Waals surface area contributed by atoms with Crippen LogP contribution in [0.1, 0.15) is 61.3 Å². The summed E-state index contributed by atoms with van der Waals surface area (Å²) < 4.78 is 0. The second-order valence-electron chi connectivity index (χ2n) is 6.01. The van der Waals surface area contributed by atoms with Gasteiger partial charge in [-0.3, -0.25) is 14.5 Å². The average Bonchev–Trinajstić information content (AvgIpc) is 2.54. The zero-order chi connectivity index (χ0) is 16.6. The number of anilines is 1. The molecule has 0 radical (unpaired) electrons. The molecule has 0 aliphatic carbocycles. The fourth-order valence-corrected chi connectivity index (χ4v) is 3.32. The molecule has 0 bridgehead atoms. The van der Waals surface area contributed by atoms with Crippen molar-refractivity contribution in [1.82, 2.24) is 14.9 Å². The van der Waals surface area contributed by atoms with Gasteiger partial charge in [-0.1, -0.05) is 13.3 Å². The Kier molecular flexibility index (Phi) is 4.06. The summed E-state index contributed by atoms with van der Waals surface area (Å²) in [7, 11) is 0. The number of rotatable bonds is 4. The number of carbonyl (C=O) groups excluding carboxylic acids is 2. The summed E-state index contributed by atoms with van der Waals surface area (Å²) in [6.45, 7) is 3.14. The molecular formula is C15H21N5O3. The summed E-state index contributed by atoms with van der Waals surface area (Å²) >= 11 is 0. The van der Waals surface area contributed by atoms with Gasteiger partial charge in [0.2, 0.25) is 5.82 Å². The van der Waals surface area contributed by atoms with Crippen molar-refractivity contribution < 1.29 is 9.59 Å². The van der Waals surface area contributed by atoms with Crippen molar-refractivity contribution >= 4 is 17.8 Å². The molecule has 3 N–H and O–H groups in total. The first kappa shape index (κ1) is 15.5. The van der Waals surface area contributed by atoms with Gasteiger partial charge < -0.3 is 15.6 Å². The quantitative estimate of drug-likeness (QED) is 0.866. The summed E-state index contributed by atoms with van der Waals surface area (Å²) in [5.74, 6) is -0.713. The van der Waals surface area contributed by atoms with Gasteiger partial charge >= 0.3 is 6.03 Å². The number of aromatic amines is 1. The van der Waals surface area contributed by atoms with Crippen LogP contribution in [0.15, 0.2) is 4.79 Å². The van der Waals surface area contributed by atoms with Crippen molar-refractivity contribution in [3.63, 3.8) is 0 Å². The average molecular weight is 319 g/mol. The number of aromatic nitrogens is 2. The van der Waals surface area contributed by atoms with Gasteiger partial charge in [0.1, 0.15) is 5.82 Å². The molecule has 3 amide bonds. The van der Waals surface area contributed by atoms with E-state index in [9.17, 15) is 14.4 Å². The molecule has 3 heterocycles. The van der Waals surface area contributed by atoms with Crippen LogP contribution in [0.2, 0.25) is 0 Å². The predicted octanol–water partition coefficient (Wildman–Crippen LogP) is 1.14. The Balaban J connectivity index is 2.15. The Labute approximate surface area is 133 Å². The van der Waals surface area contributed by atoms with E-state index in [1.54, 1.807) is 4.90 Å². The molecule has 1 aromatic heterocycles. The van der Waals surface area contributed by atoms with Crippen LogP contribution < -0.4 is 16.2 Å². The highest BCUT2D eigenvalue weighted by molar-refractivity contribution is 5.95. The first-order chi connectivity index (χ1) is 11.0. The van der Waals surface area contributed by atoms with E-state index in [0.717, 1.165) is 32.1 Å². The topological polar surface area (TPSA) is 112 Å². The van der Waals surface area contributed by atoms with Crippen molar-refractivity contribution in [2.24, 2.45) is 5.73 Å². The number of nitrogens with two attached hydrogens (primary N) is 1. The lowest BCUT2D eigenvalue weighted by molar-refractivity contribution is 0.0989. The molecule has 8 heteroatoms. The van der Waals surface area contributed by atoms with Gasteiger partial charge in [0.15, 0.2) is 0 Å². The fraction of sp³-hybridized carbons (Fsp3) is 0.600. The van der Waals surface area contributed by atoms with E-state index < -0.39 is 5.91 Å². The van der Waals surface area contributed by atoms with Gasteiger partial charge in [-0.15, -0.1) is 0 Å². The van der Waals surface area contributed by atoms with Crippen LogP contribution in [0.25, 0.3) is 0 Å². The van der Waals surface area contributed by atoms with Gasteiger partial charge in [-0.05, 0) is 25.7 Å². The highest BCUT2D eigenvalue weighted by atomic mass is 16.2. The largest absolute Gasteiger partial charge is 0.363 e. The van der Waals surface area contributed by atoms with E-state index in [1.165, 1.54) is 4.90 Å². The minimum absolute atomic E-state index is 0.135. The molecule has 1 fully saturated rings. The standard InChI is InChI=1S/C15H21N5O3/c1-2-3-7-20-13-10(14(22)18-12(17-13)11(16)21)9-6-4-5-8-19(9)15(20)23/h9H,2-8H2,1H3,(H2,16,21)(H,17,18,22). The van der Waals surface area contributed by atoms with E-state index in [0.29, 0.717) is 24.5 Å². The Hall–Kier alpha value is -2.38. The minimum Gasteiger partial charge on any atom is -0.363 e. The minimum atomic E-state index is -0.807. The highest BCUT2D eigenvalue weighted by Gasteiger charge is 2.41. The number of primary amides is 1. The lowest BCUT2D eigenvalue weighted by Gasteiger charge is -2.43. The molecule has 8 nitrogen and oxygen atoms in total. The molecule has 1 saturated heterocycles. The van der Waals surface area contributed by atoms with Crippen molar-refractivity contribution in [3.05, 3.63) is 21.7 Å². The maximum absolute atomic E-state index is 12.8. The molecule has 3 rings (SSSR count). The molecule has 23 heavy (non-hydrogen) atoms. The summed E-state index contributed by atoms with van der Waals surface area (Å²) in [6.07, 6.45) is 4.34. The SMILES string of the molecule is CCCCN1C(=O)N2CCCCC2c2c1nc(C(N)=O)[nH]c2=O. The number of hydrogen-bond donors (Lipinski definition) is 2. The van der Waals surface area contributed by atoms with Crippen LogP contribution in [0.3, 0.4) is 0 Å². The molecule has 2 aliphatic rings. The Bertz CT molecular complexity index is 699. The summed E-state index contributed by atoms with van der Waals surface area (Å²) in [4.78, 5) is 46.6. The number of urea groups is 1. The van der Waals surface area contributed by atoms with Crippen molar-refractivity contribution in [1.29, 1.82) is 0 Å². The van der Waals surface area contributed by atoms with Crippen LogP contribution >= 0.6 is 0 Å². The Morgan fingerprint density at radius 1 is 1.39 bits per heavy atom. The number of H-pyrrole nitrogens is 1. The van der Waals surface area contributed by atoms with E-state index in [4.69, 9.17) is 5.73 Å². The van der Waals surface area contributed by atoms with Gasteiger partial charge in [-0.25, -0.2) is 9.78 Å². The first-order valence-corrected chi connectivity index (χ1v) is 8.06. The molecular weight excluding hydrogens is 298 g/mol. The number of unbranched alkanes of at least 4 members (excludes halogenated alkanes) is 1. The van der Waals surface area contributed by atoms with Crippen LogP contribution in [0.4, 0.5) is 10.6 Å². The zero-order valence-electron chi connectivity index (χ0n) is 13.2. The van der Waals surface area contributed by atoms with E-state index in [1.807, 2.05) is 6.92 Å². The number of fused-ring (bicyclic) bond motifs is 3. The molecule has 1 atom stereocenters. The molecule has 1 aromatic rings. The van der Waals surface area contributed by atoms with Crippen LogP contribution in [-0.2, 0) is 0 Å². The van der Waals surface area contributed by atoms with Crippen LogP contribution in [0, 0.1) is 0 Å². The number of nitrogens with one attached hydrogen (secondary N) is 1. The predicted molar refractivity (Wildman–Crippen MR) is 84.3 cm³/mol. The summed E-state index contributed by atoms with van der Waals surface area (Å²) in [6, 6.07) is -0.397. The third kappa shape index (κ3) is 2.58. The molecule has 0 saturated carbocycles. The first-order valence-electron chi connectivity index (χ1n) is 8.06. The maximum Gasteiger partial charge on any atom is 0.326 e. The number of amides is 3. The molecule has 124 valence electrons.